The summed E-state index contributed by atoms with van der Waals surface area (Å²) in [4.78, 5) is 12.0. The Morgan fingerprint density at radius 1 is 0.889 bits per heavy atom. The van der Waals surface area contributed by atoms with Gasteiger partial charge in [-0.05, 0) is 44.7 Å². The lowest BCUT2D eigenvalue weighted by atomic mass is 10.1. The number of ether oxygens (including phenoxy) is 4. The fourth-order valence-electron chi connectivity index (χ4n) is 2.15. The van der Waals surface area contributed by atoms with Gasteiger partial charge in [-0.25, -0.2) is 4.79 Å². The zero-order chi connectivity index (χ0) is 20.1. The molecule has 0 aliphatic carbocycles. The topological polar surface area (TPSA) is 54.0 Å². The Labute approximate surface area is 163 Å². The Morgan fingerprint density at radius 2 is 1.41 bits per heavy atom. The van der Waals surface area contributed by atoms with Crippen LogP contribution in [0.4, 0.5) is 0 Å². The first-order valence-corrected chi connectivity index (χ1v) is 10.0. The van der Waals surface area contributed by atoms with Gasteiger partial charge in [-0.15, -0.1) is 0 Å². The van der Waals surface area contributed by atoms with Crippen molar-refractivity contribution >= 4 is 12.0 Å². The average molecular weight is 379 g/mol. The molecule has 0 saturated heterocycles. The quantitative estimate of drug-likeness (QED) is 0.339. The molecule has 1 rings (SSSR count). The van der Waals surface area contributed by atoms with E-state index in [4.69, 9.17) is 18.9 Å². The summed E-state index contributed by atoms with van der Waals surface area (Å²) in [5, 5.41) is 0. The molecule has 1 unspecified atom stereocenters. The maximum absolute atomic E-state index is 12.0. The van der Waals surface area contributed by atoms with E-state index in [1.807, 2.05) is 32.9 Å². The minimum absolute atomic E-state index is 0.105. The van der Waals surface area contributed by atoms with Crippen LogP contribution in [0.5, 0.6) is 17.2 Å². The molecule has 27 heavy (non-hydrogen) atoms. The summed E-state index contributed by atoms with van der Waals surface area (Å²) in [6.07, 6.45) is 6.50. The average Bonchev–Trinajstić information content (AvgIpc) is 2.67. The fourth-order valence-corrected chi connectivity index (χ4v) is 2.15. The van der Waals surface area contributed by atoms with Crippen molar-refractivity contribution in [1.82, 2.24) is 0 Å². The van der Waals surface area contributed by atoms with Crippen molar-refractivity contribution in [2.75, 3.05) is 19.8 Å². The van der Waals surface area contributed by atoms with Crippen LogP contribution >= 0.6 is 0 Å². The minimum Gasteiger partial charge on any atom is -0.493 e. The number of hydrogen-bond donors (Lipinski definition) is 0. The highest BCUT2D eigenvalue weighted by atomic mass is 16.5. The van der Waals surface area contributed by atoms with Gasteiger partial charge >= 0.3 is 5.97 Å². The third-order valence-corrected chi connectivity index (χ3v) is 3.75. The minimum atomic E-state index is -0.367. The number of carbonyl (C=O) groups excluding carboxylic acids is 1. The Kier molecular flexibility index (Phi) is 11.1. The van der Waals surface area contributed by atoms with E-state index in [1.165, 1.54) is 6.08 Å². The summed E-state index contributed by atoms with van der Waals surface area (Å²) in [5.74, 6) is 1.62. The van der Waals surface area contributed by atoms with Crippen molar-refractivity contribution in [3.8, 4) is 17.2 Å². The van der Waals surface area contributed by atoms with Crippen molar-refractivity contribution in [1.29, 1.82) is 0 Å². The summed E-state index contributed by atoms with van der Waals surface area (Å²) in [7, 11) is 0. The van der Waals surface area contributed by atoms with Gasteiger partial charge in [0.15, 0.2) is 11.5 Å². The predicted octanol–water partition coefficient (Wildman–Crippen LogP) is 5.41. The lowest BCUT2D eigenvalue weighted by molar-refractivity contribution is -0.142. The number of carbonyl (C=O) groups is 1. The van der Waals surface area contributed by atoms with E-state index in [2.05, 4.69) is 13.8 Å². The van der Waals surface area contributed by atoms with Gasteiger partial charge < -0.3 is 18.9 Å². The monoisotopic (exact) mass is 378 g/mol. The van der Waals surface area contributed by atoms with Crippen molar-refractivity contribution in [2.45, 2.75) is 66.4 Å². The third kappa shape index (κ3) is 8.37. The number of benzene rings is 1. The van der Waals surface area contributed by atoms with E-state index in [-0.39, 0.29) is 12.1 Å². The molecule has 5 heteroatoms. The second kappa shape index (κ2) is 13.1. The molecule has 0 radical (unpaired) electrons. The highest BCUT2D eigenvalue weighted by molar-refractivity contribution is 5.88. The molecular formula is C22H34O5. The molecule has 152 valence electrons. The molecule has 0 amide bonds. The normalized spacial score (nSPS) is 12.0. The maximum Gasteiger partial charge on any atom is 0.331 e. The van der Waals surface area contributed by atoms with E-state index >= 15 is 0 Å². The molecule has 0 aliphatic heterocycles. The van der Waals surface area contributed by atoms with E-state index in [9.17, 15) is 4.79 Å². The van der Waals surface area contributed by atoms with Gasteiger partial charge in [-0.3, -0.25) is 0 Å². The van der Waals surface area contributed by atoms with Crippen LogP contribution in [0.2, 0.25) is 0 Å². The summed E-state index contributed by atoms with van der Waals surface area (Å²) in [5.41, 5.74) is 0.763. The standard InChI is InChI=1S/C22H34O5/c1-6-12-24-19-16-21(26-14-8-3)20(25-13-7-2)15-18(19)10-11-22(23)27-17(5)9-4/h10-11,15-17H,6-9,12-14H2,1-5H3. The third-order valence-electron chi connectivity index (χ3n) is 3.75. The first-order chi connectivity index (χ1) is 13.0. The Morgan fingerprint density at radius 3 is 1.93 bits per heavy atom. The van der Waals surface area contributed by atoms with E-state index in [0.29, 0.717) is 37.1 Å². The second-order valence-electron chi connectivity index (χ2n) is 6.37. The Bertz CT molecular complexity index is 595. The number of rotatable bonds is 13. The van der Waals surface area contributed by atoms with Gasteiger partial charge in [0.1, 0.15) is 5.75 Å². The number of esters is 1. The molecule has 0 heterocycles. The highest BCUT2D eigenvalue weighted by Crippen LogP contribution is 2.36. The lowest BCUT2D eigenvalue weighted by Gasteiger charge is -2.16. The Hall–Kier alpha value is -2.17. The van der Waals surface area contributed by atoms with E-state index in [1.54, 1.807) is 6.08 Å². The van der Waals surface area contributed by atoms with Crippen molar-refractivity contribution in [3.05, 3.63) is 23.8 Å². The summed E-state index contributed by atoms with van der Waals surface area (Å²) in [6, 6.07) is 3.70. The van der Waals surface area contributed by atoms with Crippen molar-refractivity contribution in [3.63, 3.8) is 0 Å². The summed E-state index contributed by atoms with van der Waals surface area (Å²) >= 11 is 0. The molecule has 0 saturated carbocycles. The first-order valence-electron chi connectivity index (χ1n) is 10.0. The molecule has 0 spiro atoms. The molecule has 5 nitrogen and oxygen atoms in total. The molecule has 0 bridgehead atoms. The van der Waals surface area contributed by atoms with E-state index < -0.39 is 0 Å². The zero-order valence-electron chi connectivity index (χ0n) is 17.4. The van der Waals surface area contributed by atoms with Crippen LogP contribution in [0.3, 0.4) is 0 Å². The summed E-state index contributed by atoms with van der Waals surface area (Å²) < 4.78 is 22.8. The van der Waals surface area contributed by atoms with E-state index in [0.717, 1.165) is 31.2 Å². The smallest absolute Gasteiger partial charge is 0.331 e. The lowest BCUT2D eigenvalue weighted by Crippen LogP contribution is -2.11. The fraction of sp³-hybridized carbons (Fsp3) is 0.591. The zero-order valence-corrected chi connectivity index (χ0v) is 17.4. The van der Waals surface area contributed by atoms with Crippen LogP contribution in [-0.4, -0.2) is 31.9 Å². The summed E-state index contributed by atoms with van der Waals surface area (Å²) in [6.45, 7) is 11.8. The van der Waals surface area contributed by atoms with Gasteiger partial charge in [0, 0.05) is 17.7 Å². The predicted molar refractivity (Wildman–Crippen MR) is 109 cm³/mol. The van der Waals surface area contributed by atoms with Crippen LogP contribution < -0.4 is 14.2 Å². The van der Waals surface area contributed by atoms with Crippen LogP contribution in [-0.2, 0) is 9.53 Å². The molecule has 1 atom stereocenters. The van der Waals surface area contributed by atoms with Gasteiger partial charge in [-0.2, -0.15) is 0 Å². The molecule has 1 aromatic carbocycles. The number of hydrogen-bond acceptors (Lipinski definition) is 5. The molecule has 0 aliphatic rings. The molecule has 1 aromatic rings. The van der Waals surface area contributed by atoms with Crippen molar-refractivity contribution in [2.24, 2.45) is 0 Å². The van der Waals surface area contributed by atoms with Gasteiger partial charge in [0.2, 0.25) is 0 Å². The largest absolute Gasteiger partial charge is 0.493 e. The van der Waals surface area contributed by atoms with Crippen LogP contribution in [0, 0.1) is 0 Å². The van der Waals surface area contributed by atoms with Crippen LogP contribution in [0.15, 0.2) is 18.2 Å². The van der Waals surface area contributed by atoms with Gasteiger partial charge in [0.05, 0.1) is 25.9 Å². The molecule has 0 aromatic heterocycles. The van der Waals surface area contributed by atoms with Crippen LogP contribution in [0.25, 0.3) is 6.08 Å². The highest BCUT2D eigenvalue weighted by Gasteiger charge is 2.13. The first kappa shape index (κ1) is 22.9. The second-order valence-corrected chi connectivity index (χ2v) is 6.37. The van der Waals surface area contributed by atoms with Gasteiger partial charge in [0.25, 0.3) is 0 Å². The SMILES string of the molecule is CCCOc1cc(OCCC)c(OCCC)cc1C=CC(=O)OC(C)CC. The molecule has 0 fully saturated rings. The van der Waals surface area contributed by atoms with Gasteiger partial charge in [-0.1, -0.05) is 27.7 Å². The van der Waals surface area contributed by atoms with Crippen LogP contribution in [0.1, 0.15) is 65.9 Å². The Balaban J connectivity index is 3.14. The molecular weight excluding hydrogens is 344 g/mol. The molecule has 0 N–H and O–H groups in total. The van der Waals surface area contributed by atoms with Crippen molar-refractivity contribution < 1.29 is 23.7 Å². The maximum atomic E-state index is 12.0.